The summed E-state index contributed by atoms with van der Waals surface area (Å²) in [6.07, 6.45) is 0.712. The SMILES string of the molecule is CCCN(CC(=O)O)C(=O)c1cccc(OCC)c1. The molecule has 0 radical (unpaired) electrons. The maximum absolute atomic E-state index is 12.2. The average Bonchev–Trinajstić information content (AvgIpc) is 2.37. The fourth-order valence-electron chi connectivity index (χ4n) is 1.75. The molecule has 0 aromatic heterocycles. The fourth-order valence-corrected chi connectivity index (χ4v) is 1.75. The number of ether oxygens (including phenoxy) is 1. The summed E-state index contributed by atoms with van der Waals surface area (Å²) in [6, 6.07) is 6.79. The normalized spacial score (nSPS) is 10.0. The minimum absolute atomic E-state index is 0.286. The second-order valence-corrected chi connectivity index (χ2v) is 4.08. The number of rotatable bonds is 7. The topological polar surface area (TPSA) is 66.8 Å². The van der Waals surface area contributed by atoms with E-state index < -0.39 is 5.97 Å². The molecule has 0 aliphatic carbocycles. The van der Waals surface area contributed by atoms with E-state index in [1.165, 1.54) is 4.90 Å². The van der Waals surface area contributed by atoms with Crippen LogP contribution in [0.4, 0.5) is 0 Å². The Morgan fingerprint density at radius 3 is 2.63 bits per heavy atom. The molecule has 0 aliphatic heterocycles. The summed E-state index contributed by atoms with van der Waals surface area (Å²) in [4.78, 5) is 24.3. The Bertz CT molecular complexity index is 445. The van der Waals surface area contributed by atoms with Crippen molar-refractivity contribution in [3.05, 3.63) is 29.8 Å². The number of aliphatic carboxylic acids is 1. The van der Waals surface area contributed by atoms with Crippen LogP contribution >= 0.6 is 0 Å². The average molecular weight is 265 g/mol. The molecule has 0 saturated carbocycles. The standard InChI is InChI=1S/C14H19NO4/c1-3-8-15(10-13(16)17)14(18)11-6-5-7-12(9-11)19-4-2/h5-7,9H,3-4,8,10H2,1-2H3,(H,16,17). The van der Waals surface area contributed by atoms with Gasteiger partial charge in [0.2, 0.25) is 0 Å². The van der Waals surface area contributed by atoms with Crippen LogP contribution in [0.15, 0.2) is 24.3 Å². The maximum Gasteiger partial charge on any atom is 0.323 e. The molecule has 5 heteroatoms. The molecule has 5 nitrogen and oxygen atoms in total. The minimum atomic E-state index is -1.01. The zero-order valence-corrected chi connectivity index (χ0v) is 11.3. The number of benzene rings is 1. The van der Waals surface area contributed by atoms with E-state index in [-0.39, 0.29) is 12.5 Å². The lowest BCUT2D eigenvalue weighted by Crippen LogP contribution is -2.36. The molecular formula is C14H19NO4. The van der Waals surface area contributed by atoms with Crippen LogP contribution < -0.4 is 4.74 Å². The molecule has 0 fully saturated rings. The van der Waals surface area contributed by atoms with E-state index in [2.05, 4.69) is 0 Å². The van der Waals surface area contributed by atoms with E-state index in [9.17, 15) is 9.59 Å². The first-order chi connectivity index (χ1) is 9.08. The van der Waals surface area contributed by atoms with E-state index >= 15 is 0 Å². The van der Waals surface area contributed by atoms with E-state index in [4.69, 9.17) is 9.84 Å². The van der Waals surface area contributed by atoms with Gasteiger partial charge in [0.1, 0.15) is 12.3 Å². The fraction of sp³-hybridized carbons (Fsp3) is 0.429. The van der Waals surface area contributed by atoms with Crippen LogP contribution in [0.1, 0.15) is 30.6 Å². The third-order valence-electron chi connectivity index (χ3n) is 2.50. The van der Waals surface area contributed by atoms with Gasteiger partial charge in [-0.2, -0.15) is 0 Å². The van der Waals surface area contributed by atoms with Crippen molar-refractivity contribution < 1.29 is 19.4 Å². The highest BCUT2D eigenvalue weighted by molar-refractivity contribution is 5.96. The van der Waals surface area contributed by atoms with Gasteiger partial charge in [-0.1, -0.05) is 13.0 Å². The van der Waals surface area contributed by atoms with Gasteiger partial charge in [0.15, 0.2) is 0 Å². The summed E-state index contributed by atoms with van der Waals surface area (Å²) in [5.41, 5.74) is 0.445. The van der Waals surface area contributed by atoms with Gasteiger partial charge in [0.25, 0.3) is 5.91 Å². The lowest BCUT2D eigenvalue weighted by atomic mass is 10.2. The van der Waals surface area contributed by atoms with Gasteiger partial charge in [-0.25, -0.2) is 0 Å². The van der Waals surface area contributed by atoms with Gasteiger partial charge in [-0.15, -0.1) is 0 Å². The van der Waals surface area contributed by atoms with Crippen molar-refractivity contribution in [1.82, 2.24) is 4.90 Å². The number of amides is 1. The lowest BCUT2D eigenvalue weighted by molar-refractivity contribution is -0.137. The third kappa shape index (κ3) is 4.62. The largest absolute Gasteiger partial charge is 0.494 e. The van der Waals surface area contributed by atoms with Crippen molar-refractivity contribution >= 4 is 11.9 Å². The van der Waals surface area contributed by atoms with Gasteiger partial charge in [0, 0.05) is 12.1 Å². The van der Waals surface area contributed by atoms with Crippen LogP contribution in [-0.4, -0.2) is 41.6 Å². The van der Waals surface area contributed by atoms with Crippen LogP contribution in [0.25, 0.3) is 0 Å². The molecule has 1 aromatic rings. The Kier molecular flexibility index (Phi) is 5.85. The van der Waals surface area contributed by atoms with Crippen LogP contribution in [-0.2, 0) is 4.79 Å². The Balaban J connectivity index is 2.88. The van der Waals surface area contributed by atoms with Crippen LogP contribution in [0.5, 0.6) is 5.75 Å². The maximum atomic E-state index is 12.2. The molecule has 19 heavy (non-hydrogen) atoms. The zero-order chi connectivity index (χ0) is 14.3. The molecular weight excluding hydrogens is 246 g/mol. The molecule has 0 atom stereocenters. The van der Waals surface area contributed by atoms with Crippen molar-refractivity contribution in [2.75, 3.05) is 19.7 Å². The number of carboxylic acid groups (broad SMARTS) is 1. The quantitative estimate of drug-likeness (QED) is 0.819. The predicted molar refractivity (Wildman–Crippen MR) is 71.4 cm³/mol. The van der Waals surface area contributed by atoms with E-state index in [1.54, 1.807) is 24.3 Å². The highest BCUT2D eigenvalue weighted by atomic mass is 16.5. The highest BCUT2D eigenvalue weighted by Gasteiger charge is 2.18. The van der Waals surface area contributed by atoms with Crippen LogP contribution in [0.2, 0.25) is 0 Å². The Morgan fingerprint density at radius 1 is 1.32 bits per heavy atom. The first kappa shape index (κ1) is 15.0. The van der Waals surface area contributed by atoms with Crippen LogP contribution in [0, 0.1) is 0 Å². The van der Waals surface area contributed by atoms with Crippen molar-refractivity contribution in [3.8, 4) is 5.75 Å². The lowest BCUT2D eigenvalue weighted by Gasteiger charge is -2.20. The summed E-state index contributed by atoms with van der Waals surface area (Å²) in [7, 11) is 0. The Hall–Kier alpha value is -2.04. The van der Waals surface area contributed by atoms with Gasteiger partial charge in [-0.3, -0.25) is 9.59 Å². The molecule has 0 aliphatic rings. The monoisotopic (exact) mass is 265 g/mol. The number of carboxylic acids is 1. The number of hydrogen-bond acceptors (Lipinski definition) is 3. The molecule has 1 N–H and O–H groups in total. The van der Waals surface area contributed by atoms with Crippen molar-refractivity contribution in [1.29, 1.82) is 0 Å². The molecule has 0 heterocycles. The van der Waals surface area contributed by atoms with Gasteiger partial charge in [-0.05, 0) is 31.5 Å². The zero-order valence-electron chi connectivity index (χ0n) is 11.3. The number of nitrogens with zero attached hydrogens (tertiary/aromatic N) is 1. The second-order valence-electron chi connectivity index (χ2n) is 4.08. The second kappa shape index (κ2) is 7.41. The van der Waals surface area contributed by atoms with E-state index in [0.29, 0.717) is 30.9 Å². The van der Waals surface area contributed by atoms with E-state index in [1.807, 2.05) is 13.8 Å². The summed E-state index contributed by atoms with van der Waals surface area (Å²) in [5.74, 6) is -0.686. The predicted octanol–water partition coefficient (Wildman–Crippen LogP) is 2.02. The summed E-state index contributed by atoms with van der Waals surface area (Å²) >= 11 is 0. The number of carbonyl (C=O) groups excluding carboxylic acids is 1. The Morgan fingerprint density at radius 2 is 2.05 bits per heavy atom. The molecule has 1 rings (SSSR count). The first-order valence-corrected chi connectivity index (χ1v) is 6.32. The minimum Gasteiger partial charge on any atom is -0.494 e. The summed E-state index contributed by atoms with van der Waals surface area (Å²) in [5, 5.41) is 8.83. The van der Waals surface area contributed by atoms with Crippen LogP contribution in [0.3, 0.4) is 0 Å². The molecule has 0 saturated heterocycles. The summed E-state index contributed by atoms with van der Waals surface area (Å²) < 4.78 is 5.33. The van der Waals surface area contributed by atoms with Crippen molar-refractivity contribution in [2.45, 2.75) is 20.3 Å². The van der Waals surface area contributed by atoms with Crippen molar-refractivity contribution in [3.63, 3.8) is 0 Å². The van der Waals surface area contributed by atoms with Crippen molar-refractivity contribution in [2.24, 2.45) is 0 Å². The third-order valence-corrected chi connectivity index (χ3v) is 2.50. The first-order valence-electron chi connectivity index (χ1n) is 6.32. The number of hydrogen-bond donors (Lipinski definition) is 1. The summed E-state index contributed by atoms with van der Waals surface area (Å²) in [6.45, 7) is 4.42. The highest BCUT2D eigenvalue weighted by Crippen LogP contribution is 2.15. The van der Waals surface area contributed by atoms with Gasteiger partial charge < -0.3 is 14.7 Å². The Labute approximate surface area is 112 Å². The van der Waals surface area contributed by atoms with Gasteiger partial charge in [0.05, 0.1) is 6.61 Å². The molecule has 0 bridgehead atoms. The molecule has 104 valence electrons. The van der Waals surface area contributed by atoms with Gasteiger partial charge >= 0.3 is 5.97 Å². The number of carbonyl (C=O) groups is 2. The molecule has 1 aromatic carbocycles. The van der Waals surface area contributed by atoms with E-state index in [0.717, 1.165) is 0 Å². The molecule has 0 spiro atoms. The molecule has 1 amide bonds. The smallest absolute Gasteiger partial charge is 0.323 e. The molecule has 0 unspecified atom stereocenters.